The van der Waals surface area contributed by atoms with Crippen molar-refractivity contribution in [2.24, 2.45) is 0 Å². The molecule has 1 aromatic rings. The summed E-state index contributed by atoms with van der Waals surface area (Å²) in [6, 6.07) is 9.95. The number of ether oxygens (including phenoxy) is 2. The zero-order valence-electron chi connectivity index (χ0n) is 8.63. The predicted molar refractivity (Wildman–Crippen MR) is 56.5 cm³/mol. The molecule has 0 aliphatic carbocycles. The molecule has 0 aromatic heterocycles. The number of epoxide rings is 1. The van der Waals surface area contributed by atoms with Gasteiger partial charge in [-0.2, -0.15) is 0 Å². The van der Waals surface area contributed by atoms with Crippen LogP contribution in [0, 0.1) is 0 Å². The molecule has 1 aliphatic heterocycles. The van der Waals surface area contributed by atoms with Crippen molar-refractivity contribution in [3.05, 3.63) is 35.9 Å². The molecule has 1 aliphatic rings. The fourth-order valence-electron chi connectivity index (χ4n) is 1.46. The molecule has 15 heavy (non-hydrogen) atoms. The highest BCUT2D eigenvalue weighted by Gasteiger charge is 2.25. The maximum atomic E-state index is 9.53. The van der Waals surface area contributed by atoms with E-state index in [9.17, 15) is 5.11 Å². The van der Waals surface area contributed by atoms with Gasteiger partial charge in [-0.1, -0.05) is 30.3 Å². The Hall–Kier alpha value is -0.900. The van der Waals surface area contributed by atoms with Crippen LogP contribution < -0.4 is 0 Å². The van der Waals surface area contributed by atoms with E-state index in [1.54, 1.807) is 0 Å². The first-order valence-electron chi connectivity index (χ1n) is 5.26. The van der Waals surface area contributed by atoms with E-state index >= 15 is 0 Å². The summed E-state index contributed by atoms with van der Waals surface area (Å²) in [4.78, 5) is 0. The van der Waals surface area contributed by atoms with Crippen LogP contribution in [0.4, 0.5) is 0 Å². The van der Waals surface area contributed by atoms with Gasteiger partial charge in [0.15, 0.2) is 0 Å². The SMILES string of the molecule is O[C@@H](COCc1ccccc1)C[C@H]1CO1. The lowest BCUT2D eigenvalue weighted by Crippen LogP contribution is -2.17. The van der Waals surface area contributed by atoms with E-state index in [-0.39, 0.29) is 6.10 Å². The van der Waals surface area contributed by atoms with Gasteiger partial charge in [-0.25, -0.2) is 0 Å². The lowest BCUT2D eigenvalue weighted by Gasteiger charge is -2.09. The third-order valence-electron chi connectivity index (χ3n) is 2.36. The van der Waals surface area contributed by atoms with Gasteiger partial charge in [-0.05, 0) is 5.56 Å². The van der Waals surface area contributed by atoms with Crippen LogP contribution in [0.3, 0.4) is 0 Å². The lowest BCUT2D eigenvalue weighted by molar-refractivity contribution is 0.0211. The molecule has 1 aromatic carbocycles. The molecule has 3 nitrogen and oxygen atoms in total. The molecule has 0 amide bonds. The second kappa shape index (κ2) is 5.26. The van der Waals surface area contributed by atoms with E-state index in [2.05, 4.69) is 0 Å². The Bertz CT molecular complexity index is 282. The minimum atomic E-state index is -0.402. The van der Waals surface area contributed by atoms with E-state index in [0.717, 1.165) is 12.2 Å². The van der Waals surface area contributed by atoms with Gasteiger partial charge in [0, 0.05) is 6.42 Å². The van der Waals surface area contributed by atoms with Crippen molar-refractivity contribution in [1.82, 2.24) is 0 Å². The zero-order valence-corrected chi connectivity index (χ0v) is 8.63. The van der Waals surface area contributed by atoms with E-state index in [1.807, 2.05) is 30.3 Å². The van der Waals surface area contributed by atoms with E-state index in [4.69, 9.17) is 9.47 Å². The van der Waals surface area contributed by atoms with Crippen molar-refractivity contribution < 1.29 is 14.6 Å². The molecule has 0 unspecified atom stereocenters. The predicted octanol–water partition coefficient (Wildman–Crippen LogP) is 1.35. The van der Waals surface area contributed by atoms with Crippen molar-refractivity contribution in [1.29, 1.82) is 0 Å². The third kappa shape index (κ3) is 4.00. The minimum Gasteiger partial charge on any atom is -0.391 e. The van der Waals surface area contributed by atoms with Crippen molar-refractivity contribution in [3.63, 3.8) is 0 Å². The molecule has 2 atom stereocenters. The smallest absolute Gasteiger partial charge is 0.0835 e. The molecule has 0 saturated carbocycles. The van der Waals surface area contributed by atoms with Crippen LogP contribution in [0.1, 0.15) is 12.0 Å². The van der Waals surface area contributed by atoms with Crippen LogP contribution in [0.5, 0.6) is 0 Å². The highest BCUT2D eigenvalue weighted by atomic mass is 16.6. The molecule has 1 saturated heterocycles. The summed E-state index contributed by atoms with van der Waals surface area (Å²) in [5.74, 6) is 0. The Morgan fingerprint density at radius 3 is 2.80 bits per heavy atom. The zero-order chi connectivity index (χ0) is 10.5. The van der Waals surface area contributed by atoms with Crippen molar-refractivity contribution in [2.45, 2.75) is 25.2 Å². The van der Waals surface area contributed by atoms with Gasteiger partial charge in [0.25, 0.3) is 0 Å². The van der Waals surface area contributed by atoms with Crippen molar-refractivity contribution >= 4 is 0 Å². The monoisotopic (exact) mass is 208 g/mol. The first-order chi connectivity index (χ1) is 7.34. The summed E-state index contributed by atoms with van der Waals surface area (Å²) in [7, 11) is 0. The van der Waals surface area contributed by atoms with Crippen LogP contribution in [-0.2, 0) is 16.1 Å². The Labute approximate surface area is 89.6 Å². The van der Waals surface area contributed by atoms with Gasteiger partial charge in [0.1, 0.15) is 0 Å². The number of rotatable bonds is 6. The van der Waals surface area contributed by atoms with Crippen LogP contribution >= 0.6 is 0 Å². The summed E-state index contributed by atoms with van der Waals surface area (Å²) >= 11 is 0. The molecule has 2 rings (SSSR count). The molecule has 0 bridgehead atoms. The average Bonchev–Trinajstić information content (AvgIpc) is 3.03. The fourth-order valence-corrected chi connectivity index (χ4v) is 1.46. The second-order valence-corrected chi connectivity index (χ2v) is 3.85. The summed E-state index contributed by atoms with van der Waals surface area (Å²) in [5, 5.41) is 9.53. The number of aliphatic hydroxyl groups is 1. The average molecular weight is 208 g/mol. The van der Waals surface area contributed by atoms with Crippen molar-refractivity contribution in [3.8, 4) is 0 Å². The van der Waals surface area contributed by atoms with Gasteiger partial charge in [-0.3, -0.25) is 0 Å². The standard InChI is InChI=1S/C12H16O3/c13-11(6-12-9-15-12)8-14-7-10-4-2-1-3-5-10/h1-5,11-13H,6-9H2/t11-,12+/m1/s1. The maximum Gasteiger partial charge on any atom is 0.0835 e. The molecule has 3 heteroatoms. The molecule has 0 spiro atoms. The Morgan fingerprint density at radius 2 is 2.13 bits per heavy atom. The van der Waals surface area contributed by atoms with Crippen LogP contribution in [0.2, 0.25) is 0 Å². The van der Waals surface area contributed by atoms with Gasteiger partial charge in [0.05, 0.1) is 32.0 Å². The lowest BCUT2D eigenvalue weighted by atomic mass is 10.2. The molecular weight excluding hydrogens is 192 g/mol. The van der Waals surface area contributed by atoms with E-state index in [0.29, 0.717) is 19.6 Å². The van der Waals surface area contributed by atoms with Gasteiger partial charge in [-0.15, -0.1) is 0 Å². The number of benzene rings is 1. The highest BCUT2D eigenvalue weighted by molar-refractivity contribution is 5.13. The topological polar surface area (TPSA) is 42.0 Å². The summed E-state index contributed by atoms with van der Waals surface area (Å²) in [5.41, 5.74) is 1.13. The molecule has 1 heterocycles. The van der Waals surface area contributed by atoms with E-state index in [1.165, 1.54) is 0 Å². The largest absolute Gasteiger partial charge is 0.391 e. The Morgan fingerprint density at radius 1 is 1.40 bits per heavy atom. The summed E-state index contributed by atoms with van der Waals surface area (Å²) in [6.07, 6.45) is 0.552. The van der Waals surface area contributed by atoms with Crippen LogP contribution in [0.15, 0.2) is 30.3 Å². The third-order valence-corrected chi connectivity index (χ3v) is 2.36. The first kappa shape index (κ1) is 10.6. The summed E-state index contributed by atoms with van der Waals surface area (Å²) in [6.45, 7) is 1.73. The fraction of sp³-hybridized carbons (Fsp3) is 0.500. The Balaban J connectivity index is 1.61. The highest BCUT2D eigenvalue weighted by Crippen LogP contribution is 2.15. The molecule has 82 valence electrons. The number of hydrogen-bond acceptors (Lipinski definition) is 3. The second-order valence-electron chi connectivity index (χ2n) is 3.85. The number of aliphatic hydroxyl groups excluding tert-OH is 1. The normalized spacial score (nSPS) is 21.3. The quantitative estimate of drug-likeness (QED) is 0.717. The minimum absolute atomic E-state index is 0.264. The molecule has 1 fully saturated rings. The summed E-state index contributed by atoms with van der Waals surface area (Å²) < 4.78 is 10.4. The van der Waals surface area contributed by atoms with Gasteiger partial charge in [0.2, 0.25) is 0 Å². The van der Waals surface area contributed by atoms with E-state index < -0.39 is 6.10 Å². The van der Waals surface area contributed by atoms with Crippen LogP contribution in [-0.4, -0.2) is 30.5 Å². The maximum absolute atomic E-state index is 9.53. The Kier molecular flexibility index (Phi) is 3.72. The molecular formula is C12H16O3. The van der Waals surface area contributed by atoms with Crippen LogP contribution in [0.25, 0.3) is 0 Å². The number of hydrogen-bond donors (Lipinski definition) is 1. The van der Waals surface area contributed by atoms with Crippen molar-refractivity contribution in [2.75, 3.05) is 13.2 Å². The van der Waals surface area contributed by atoms with Gasteiger partial charge >= 0.3 is 0 Å². The molecule has 0 radical (unpaired) electrons. The molecule has 1 N–H and O–H groups in total. The first-order valence-corrected chi connectivity index (χ1v) is 5.26. The van der Waals surface area contributed by atoms with Gasteiger partial charge < -0.3 is 14.6 Å².